The third-order valence-electron chi connectivity index (χ3n) is 7.57. The van der Waals surface area contributed by atoms with Gasteiger partial charge in [-0.2, -0.15) is 0 Å². The summed E-state index contributed by atoms with van der Waals surface area (Å²) in [7, 11) is -1.16. The van der Waals surface area contributed by atoms with Crippen LogP contribution in [0.3, 0.4) is 0 Å². The van der Waals surface area contributed by atoms with Gasteiger partial charge in [-0.05, 0) is 48.2 Å². The molecule has 0 radical (unpaired) electrons. The summed E-state index contributed by atoms with van der Waals surface area (Å²) >= 11 is 0. The lowest BCUT2D eigenvalue weighted by Crippen LogP contribution is -2.54. The quantitative estimate of drug-likeness (QED) is 0.309. The number of benzene rings is 3. The molecule has 1 unspecified atom stereocenters. The molecule has 11 heteroatoms. The number of rotatable bonds is 13. The number of hydrogen-bond donors (Lipinski definition) is 1. The lowest BCUT2D eigenvalue weighted by Gasteiger charge is -2.34. The second-order valence-corrected chi connectivity index (χ2v) is 12.6. The third kappa shape index (κ3) is 8.47. The molecule has 0 heterocycles. The molecule has 0 spiro atoms. The van der Waals surface area contributed by atoms with Gasteiger partial charge in [0.2, 0.25) is 21.8 Å². The first-order valence-corrected chi connectivity index (χ1v) is 16.0. The van der Waals surface area contributed by atoms with Gasteiger partial charge in [0.15, 0.2) is 0 Å². The molecule has 0 aromatic heterocycles. The first-order valence-electron chi connectivity index (χ1n) is 14.2. The highest BCUT2D eigenvalue weighted by atomic mass is 32.2. The van der Waals surface area contributed by atoms with Crippen LogP contribution >= 0.6 is 0 Å². The van der Waals surface area contributed by atoms with Crippen molar-refractivity contribution >= 4 is 27.5 Å². The molecule has 1 aliphatic carbocycles. The fraction of sp³-hybridized carbons (Fsp3) is 0.375. The van der Waals surface area contributed by atoms with Crippen molar-refractivity contribution in [3.63, 3.8) is 0 Å². The summed E-state index contributed by atoms with van der Waals surface area (Å²) in [6.45, 7) is -0.646. The molecule has 9 nitrogen and oxygen atoms in total. The maximum atomic E-state index is 14.3. The van der Waals surface area contributed by atoms with Gasteiger partial charge in [-0.25, -0.2) is 12.8 Å². The molecule has 230 valence electrons. The van der Waals surface area contributed by atoms with Crippen molar-refractivity contribution in [1.82, 2.24) is 10.2 Å². The van der Waals surface area contributed by atoms with Crippen LogP contribution in [0.15, 0.2) is 72.8 Å². The van der Waals surface area contributed by atoms with Crippen LogP contribution in [0.25, 0.3) is 0 Å². The minimum Gasteiger partial charge on any atom is -0.497 e. The molecule has 2 amide bonds. The van der Waals surface area contributed by atoms with Crippen LogP contribution in [0.1, 0.15) is 36.8 Å². The molecule has 3 aromatic rings. The van der Waals surface area contributed by atoms with Gasteiger partial charge in [0.05, 0.1) is 26.2 Å². The van der Waals surface area contributed by atoms with Gasteiger partial charge in [0.1, 0.15) is 29.9 Å². The Bertz CT molecular complexity index is 1500. The molecule has 4 rings (SSSR count). The number of ether oxygens (including phenoxy) is 2. The van der Waals surface area contributed by atoms with Crippen molar-refractivity contribution in [3.05, 3.63) is 89.7 Å². The van der Waals surface area contributed by atoms with Crippen molar-refractivity contribution in [1.29, 1.82) is 0 Å². The van der Waals surface area contributed by atoms with E-state index in [0.29, 0.717) is 11.3 Å². The van der Waals surface area contributed by atoms with Gasteiger partial charge in [-0.3, -0.25) is 13.9 Å². The second-order valence-electron chi connectivity index (χ2n) is 10.7. The topological polar surface area (TPSA) is 105 Å². The number of hydrogen-bond acceptors (Lipinski definition) is 6. The highest BCUT2D eigenvalue weighted by Crippen LogP contribution is 2.34. The van der Waals surface area contributed by atoms with E-state index in [1.807, 2.05) is 30.3 Å². The first kappa shape index (κ1) is 31.8. The van der Waals surface area contributed by atoms with Crippen molar-refractivity contribution < 1.29 is 31.9 Å². The molecule has 1 atom stereocenters. The Balaban J connectivity index is 1.76. The molecule has 3 aromatic carbocycles. The molecule has 1 fully saturated rings. The summed E-state index contributed by atoms with van der Waals surface area (Å²) in [6.07, 6.45) is 4.93. The standard InChI is InChI=1S/C32H38FN3O6S/c1-41-27-17-18-30(42-2)28(20-27)36(43(3,39)40)22-31(37)35(21-24-13-15-25(33)16-14-24)29(19-23-9-5-4-6-10-23)32(38)34-26-11-7-8-12-26/h4-6,9-10,13-18,20,26,29H,7-8,11-12,19,21-22H2,1-3H3,(H,34,38). The predicted molar refractivity (Wildman–Crippen MR) is 163 cm³/mol. The largest absolute Gasteiger partial charge is 0.497 e. The summed E-state index contributed by atoms with van der Waals surface area (Å²) in [5.41, 5.74) is 1.54. The Morgan fingerprint density at radius 3 is 2.23 bits per heavy atom. The van der Waals surface area contributed by atoms with E-state index in [-0.39, 0.29) is 36.4 Å². The predicted octanol–water partition coefficient (Wildman–Crippen LogP) is 4.31. The van der Waals surface area contributed by atoms with E-state index in [1.165, 1.54) is 37.3 Å². The summed E-state index contributed by atoms with van der Waals surface area (Å²) in [4.78, 5) is 29.5. The number of methoxy groups -OCH3 is 2. The van der Waals surface area contributed by atoms with E-state index in [2.05, 4.69) is 5.32 Å². The van der Waals surface area contributed by atoms with E-state index >= 15 is 0 Å². The number of nitrogens with one attached hydrogen (secondary N) is 1. The molecular formula is C32H38FN3O6S. The van der Waals surface area contributed by atoms with Gasteiger partial charge in [0.25, 0.3) is 0 Å². The van der Waals surface area contributed by atoms with Gasteiger partial charge < -0.3 is 19.7 Å². The van der Waals surface area contributed by atoms with Crippen LogP contribution in [0.4, 0.5) is 10.1 Å². The van der Waals surface area contributed by atoms with Gasteiger partial charge >= 0.3 is 0 Å². The van der Waals surface area contributed by atoms with Crippen molar-refractivity contribution in [3.8, 4) is 11.5 Å². The van der Waals surface area contributed by atoms with E-state index in [0.717, 1.165) is 41.8 Å². The van der Waals surface area contributed by atoms with Crippen LogP contribution in [-0.4, -0.2) is 64.2 Å². The molecule has 1 aliphatic rings. The Morgan fingerprint density at radius 2 is 1.63 bits per heavy atom. The SMILES string of the molecule is COc1ccc(OC)c(N(CC(=O)N(Cc2ccc(F)cc2)C(Cc2ccccc2)C(=O)NC2CCCC2)S(C)(=O)=O)c1. The summed E-state index contributed by atoms with van der Waals surface area (Å²) in [6, 6.07) is 18.7. The fourth-order valence-electron chi connectivity index (χ4n) is 5.29. The number of nitrogens with zero attached hydrogens (tertiary/aromatic N) is 2. The smallest absolute Gasteiger partial charge is 0.244 e. The zero-order chi connectivity index (χ0) is 31.0. The van der Waals surface area contributed by atoms with Crippen molar-refractivity contribution in [2.45, 2.75) is 50.7 Å². The normalized spacial score (nSPS) is 14.1. The molecular weight excluding hydrogens is 573 g/mol. The van der Waals surface area contributed by atoms with Crippen molar-refractivity contribution in [2.24, 2.45) is 0 Å². The molecule has 43 heavy (non-hydrogen) atoms. The van der Waals surface area contributed by atoms with Crippen LogP contribution in [0.2, 0.25) is 0 Å². The molecule has 0 aliphatic heterocycles. The Labute approximate surface area is 252 Å². The summed E-state index contributed by atoms with van der Waals surface area (Å²) in [5, 5.41) is 3.12. The van der Waals surface area contributed by atoms with E-state index in [1.54, 1.807) is 24.3 Å². The number of amides is 2. The van der Waals surface area contributed by atoms with Crippen molar-refractivity contribution in [2.75, 3.05) is 31.3 Å². The fourth-order valence-corrected chi connectivity index (χ4v) is 6.14. The molecule has 1 saturated carbocycles. The number of carbonyl (C=O) groups excluding carboxylic acids is 2. The highest BCUT2D eigenvalue weighted by molar-refractivity contribution is 7.92. The zero-order valence-electron chi connectivity index (χ0n) is 24.7. The Morgan fingerprint density at radius 1 is 0.953 bits per heavy atom. The number of halogens is 1. The average Bonchev–Trinajstić information content (AvgIpc) is 3.51. The first-order chi connectivity index (χ1) is 20.6. The maximum absolute atomic E-state index is 14.3. The van der Waals surface area contributed by atoms with Crippen LogP contribution in [0.5, 0.6) is 11.5 Å². The lowest BCUT2D eigenvalue weighted by molar-refractivity contribution is -0.140. The van der Waals surface area contributed by atoms with Crippen LogP contribution in [-0.2, 0) is 32.6 Å². The average molecular weight is 612 g/mol. The number of anilines is 1. The Hall–Kier alpha value is -4.12. The van der Waals surface area contributed by atoms with Gasteiger partial charge in [-0.1, -0.05) is 55.3 Å². The minimum atomic E-state index is -4.01. The zero-order valence-corrected chi connectivity index (χ0v) is 25.5. The van der Waals surface area contributed by atoms with Crippen LogP contribution in [0, 0.1) is 5.82 Å². The van der Waals surface area contributed by atoms with E-state index in [4.69, 9.17) is 9.47 Å². The van der Waals surface area contributed by atoms with E-state index in [9.17, 15) is 22.4 Å². The highest BCUT2D eigenvalue weighted by Gasteiger charge is 2.35. The molecule has 0 bridgehead atoms. The summed E-state index contributed by atoms with van der Waals surface area (Å²) in [5.74, 6) is -0.769. The maximum Gasteiger partial charge on any atom is 0.244 e. The lowest BCUT2D eigenvalue weighted by atomic mass is 10.0. The van der Waals surface area contributed by atoms with Crippen LogP contribution < -0.4 is 19.1 Å². The van der Waals surface area contributed by atoms with Gasteiger partial charge in [-0.15, -0.1) is 0 Å². The number of carbonyl (C=O) groups is 2. The Kier molecular flexibility index (Phi) is 10.6. The molecule has 0 saturated heterocycles. The monoisotopic (exact) mass is 611 g/mol. The van der Waals surface area contributed by atoms with Gasteiger partial charge in [0, 0.05) is 25.1 Å². The third-order valence-corrected chi connectivity index (χ3v) is 8.70. The molecule has 1 N–H and O–H groups in total. The number of sulfonamides is 1. The minimum absolute atomic E-state index is 0.00195. The second kappa shape index (κ2) is 14.4. The van der Waals surface area contributed by atoms with E-state index < -0.39 is 34.3 Å². The summed E-state index contributed by atoms with van der Waals surface area (Å²) < 4.78 is 51.7.